The number of nitrogens with one attached hydrogen (secondary N) is 2. The highest BCUT2D eigenvalue weighted by atomic mass is 19.1. The number of rotatable bonds is 7. The highest BCUT2D eigenvalue weighted by Crippen LogP contribution is 2.16. The quantitative estimate of drug-likeness (QED) is 0.597. The molecule has 0 saturated carbocycles. The third-order valence-electron chi connectivity index (χ3n) is 4.02. The molecule has 136 valence electrons. The molecule has 0 bridgehead atoms. The van der Waals surface area contributed by atoms with Gasteiger partial charge in [-0.05, 0) is 38.0 Å². The molecule has 0 aliphatic carbocycles. The minimum Gasteiger partial charge on any atom is -0.357 e. The Hall–Kier alpha value is -2.44. The molecule has 1 aromatic carbocycles. The number of guanidine groups is 1. The SMILES string of the molecule is CCNC(=NCCn1cnnc1CC)NC(C)c1ccc(C)c(F)c1. The second-order valence-electron chi connectivity index (χ2n) is 5.93. The molecule has 0 aliphatic rings. The van der Waals surface area contributed by atoms with Crippen LogP contribution in [0.4, 0.5) is 4.39 Å². The van der Waals surface area contributed by atoms with Crippen LogP contribution in [0.1, 0.15) is 43.8 Å². The van der Waals surface area contributed by atoms with E-state index in [1.54, 1.807) is 25.4 Å². The molecule has 0 spiro atoms. The van der Waals surface area contributed by atoms with Crippen LogP contribution in [0.15, 0.2) is 29.5 Å². The van der Waals surface area contributed by atoms with Gasteiger partial charge in [0.2, 0.25) is 0 Å². The Labute approximate surface area is 148 Å². The smallest absolute Gasteiger partial charge is 0.191 e. The molecule has 7 heteroatoms. The van der Waals surface area contributed by atoms with Gasteiger partial charge in [0.25, 0.3) is 0 Å². The van der Waals surface area contributed by atoms with E-state index in [0.717, 1.165) is 30.9 Å². The van der Waals surface area contributed by atoms with Crippen molar-refractivity contribution in [3.63, 3.8) is 0 Å². The first kappa shape index (κ1) is 18.9. The average Bonchev–Trinajstić information content (AvgIpc) is 3.05. The van der Waals surface area contributed by atoms with E-state index in [2.05, 4.69) is 32.7 Å². The molecule has 25 heavy (non-hydrogen) atoms. The van der Waals surface area contributed by atoms with Gasteiger partial charge >= 0.3 is 0 Å². The molecule has 1 atom stereocenters. The van der Waals surface area contributed by atoms with Crippen LogP contribution < -0.4 is 10.6 Å². The van der Waals surface area contributed by atoms with Crippen LogP contribution in [0.3, 0.4) is 0 Å². The lowest BCUT2D eigenvalue weighted by molar-refractivity contribution is 0.606. The lowest BCUT2D eigenvalue weighted by Crippen LogP contribution is -2.39. The molecule has 0 amide bonds. The topological polar surface area (TPSA) is 67.1 Å². The van der Waals surface area contributed by atoms with Crippen molar-refractivity contribution in [3.05, 3.63) is 47.3 Å². The molecule has 6 nitrogen and oxygen atoms in total. The lowest BCUT2D eigenvalue weighted by atomic mass is 10.1. The van der Waals surface area contributed by atoms with Gasteiger partial charge in [0.1, 0.15) is 18.0 Å². The van der Waals surface area contributed by atoms with E-state index in [-0.39, 0.29) is 11.9 Å². The van der Waals surface area contributed by atoms with Gasteiger partial charge in [-0.3, -0.25) is 4.99 Å². The Kier molecular flexibility index (Phi) is 6.91. The van der Waals surface area contributed by atoms with Crippen molar-refractivity contribution < 1.29 is 4.39 Å². The molecule has 1 unspecified atom stereocenters. The molecule has 2 aromatic rings. The molecule has 1 heterocycles. The number of aliphatic imine (C=N–C) groups is 1. The predicted octanol–water partition coefficient (Wildman–Crippen LogP) is 2.60. The lowest BCUT2D eigenvalue weighted by Gasteiger charge is -2.18. The summed E-state index contributed by atoms with van der Waals surface area (Å²) < 4.78 is 15.8. The zero-order valence-corrected chi connectivity index (χ0v) is 15.4. The maximum Gasteiger partial charge on any atom is 0.191 e. The highest BCUT2D eigenvalue weighted by Gasteiger charge is 2.10. The van der Waals surface area contributed by atoms with Gasteiger partial charge in [-0.15, -0.1) is 10.2 Å². The molecule has 0 saturated heterocycles. The van der Waals surface area contributed by atoms with Crippen LogP contribution in [-0.2, 0) is 13.0 Å². The van der Waals surface area contributed by atoms with Gasteiger partial charge in [0.15, 0.2) is 5.96 Å². The van der Waals surface area contributed by atoms with Crippen LogP contribution in [-0.4, -0.2) is 33.8 Å². The Morgan fingerprint density at radius 2 is 2.16 bits per heavy atom. The average molecular weight is 346 g/mol. The van der Waals surface area contributed by atoms with E-state index < -0.39 is 0 Å². The van der Waals surface area contributed by atoms with E-state index in [4.69, 9.17) is 0 Å². The maximum atomic E-state index is 13.8. The molecular formula is C18H27FN6. The Balaban J connectivity index is 2.00. The van der Waals surface area contributed by atoms with E-state index >= 15 is 0 Å². The largest absolute Gasteiger partial charge is 0.357 e. The third kappa shape index (κ3) is 5.27. The summed E-state index contributed by atoms with van der Waals surface area (Å²) >= 11 is 0. The molecule has 2 rings (SSSR count). The van der Waals surface area contributed by atoms with Crippen molar-refractivity contribution in [2.45, 2.75) is 46.7 Å². The maximum absolute atomic E-state index is 13.8. The fourth-order valence-corrected chi connectivity index (χ4v) is 2.50. The van der Waals surface area contributed by atoms with Crippen LogP contribution in [0.2, 0.25) is 0 Å². The van der Waals surface area contributed by atoms with E-state index in [0.29, 0.717) is 18.1 Å². The first-order valence-corrected chi connectivity index (χ1v) is 8.72. The summed E-state index contributed by atoms with van der Waals surface area (Å²) in [6.45, 7) is 9.91. The Morgan fingerprint density at radius 1 is 1.36 bits per heavy atom. The van der Waals surface area contributed by atoms with Gasteiger partial charge in [0, 0.05) is 19.5 Å². The number of hydrogen-bond acceptors (Lipinski definition) is 3. The molecule has 1 aromatic heterocycles. The fourth-order valence-electron chi connectivity index (χ4n) is 2.50. The summed E-state index contributed by atoms with van der Waals surface area (Å²) in [5.74, 6) is 1.48. The highest BCUT2D eigenvalue weighted by molar-refractivity contribution is 5.80. The minimum absolute atomic E-state index is 0.0472. The van der Waals surface area contributed by atoms with Crippen molar-refractivity contribution in [2.24, 2.45) is 4.99 Å². The van der Waals surface area contributed by atoms with Gasteiger partial charge in [-0.2, -0.15) is 0 Å². The number of halogens is 1. The monoisotopic (exact) mass is 346 g/mol. The number of benzene rings is 1. The first-order valence-electron chi connectivity index (χ1n) is 8.72. The molecular weight excluding hydrogens is 319 g/mol. The summed E-state index contributed by atoms with van der Waals surface area (Å²) in [6, 6.07) is 5.26. The zero-order valence-electron chi connectivity index (χ0n) is 15.4. The summed E-state index contributed by atoms with van der Waals surface area (Å²) in [5.41, 5.74) is 1.54. The molecule has 0 aliphatic heterocycles. The van der Waals surface area contributed by atoms with E-state index in [1.165, 1.54) is 0 Å². The zero-order chi connectivity index (χ0) is 18.2. The van der Waals surface area contributed by atoms with Gasteiger partial charge in [-0.25, -0.2) is 4.39 Å². The summed E-state index contributed by atoms with van der Waals surface area (Å²) in [6.07, 6.45) is 2.57. The van der Waals surface area contributed by atoms with Gasteiger partial charge in [-0.1, -0.05) is 19.1 Å². The van der Waals surface area contributed by atoms with Crippen molar-refractivity contribution in [1.29, 1.82) is 0 Å². The summed E-state index contributed by atoms with van der Waals surface area (Å²) in [4.78, 5) is 4.59. The van der Waals surface area contributed by atoms with Crippen LogP contribution in [0.5, 0.6) is 0 Å². The summed E-state index contributed by atoms with van der Waals surface area (Å²) in [7, 11) is 0. The normalized spacial score (nSPS) is 12.9. The molecule has 0 radical (unpaired) electrons. The minimum atomic E-state index is -0.187. The Bertz CT molecular complexity index is 709. The summed E-state index contributed by atoms with van der Waals surface area (Å²) in [5, 5.41) is 14.5. The second kappa shape index (κ2) is 9.15. The number of nitrogens with zero attached hydrogens (tertiary/aromatic N) is 4. The number of aromatic nitrogens is 3. The van der Waals surface area contributed by atoms with Crippen molar-refractivity contribution in [2.75, 3.05) is 13.1 Å². The van der Waals surface area contributed by atoms with Crippen molar-refractivity contribution in [1.82, 2.24) is 25.4 Å². The van der Waals surface area contributed by atoms with Crippen LogP contribution >= 0.6 is 0 Å². The van der Waals surface area contributed by atoms with Crippen molar-refractivity contribution in [3.8, 4) is 0 Å². The van der Waals surface area contributed by atoms with E-state index in [1.807, 2.05) is 24.5 Å². The van der Waals surface area contributed by atoms with Gasteiger partial charge < -0.3 is 15.2 Å². The number of hydrogen-bond donors (Lipinski definition) is 2. The van der Waals surface area contributed by atoms with Crippen LogP contribution in [0, 0.1) is 12.7 Å². The fraction of sp³-hybridized carbons (Fsp3) is 0.500. The van der Waals surface area contributed by atoms with E-state index in [9.17, 15) is 4.39 Å². The van der Waals surface area contributed by atoms with Crippen LogP contribution in [0.25, 0.3) is 0 Å². The predicted molar refractivity (Wildman–Crippen MR) is 98.1 cm³/mol. The first-order chi connectivity index (χ1) is 12.0. The number of aryl methyl sites for hydroxylation is 2. The van der Waals surface area contributed by atoms with Gasteiger partial charge in [0.05, 0.1) is 12.6 Å². The molecule has 0 fully saturated rings. The van der Waals surface area contributed by atoms with Crippen molar-refractivity contribution >= 4 is 5.96 Å². The standard InChI is InChI=1S/C18H27FN6/c1-5-17-24-22-12-25(17)10-9-21-18(20-6-2)23-14(4)15-8-7-13(3)16(19)11-15/h7-8,11-12,14H,5-6,9-10H2,1-4H3,(H2,20,21,23). The molecule has 2 N–H and O–H groups in total. The third-order valence-corrected chi connectivity index (χ3v) is 4.02. The second-order valence-corrected chi connectivity index (χ2v) is 5.93. The Morgan fingerprint density at radius 3 is 2.84 bits per heavy atom.